The van der Waals surface area contributed by atoms with Crippen LogP contribution in [0.2, 0.25) is 0 Å². The summed E-state index contributed by atoms with van der Waals surface area (Å²) in [4.78, 5) is 16.4. The molecule has 2 aromatic carbocycles. The lowest BCUT2D eigenvalue weighted by molar-refractivity contribution is -0.116. The van der Waals surface area contributed by atoms with E-state index in [4.69, 9.17) is 4.74 Å². The van der Waals surface area contributed by atoms with Crippen LogP contribution in [0, 0.1) is 0 Å². The first-order valence-corrected chi connectivity index (χ1v) is 8.45. The molecule has 2 heterocycles. The summed E-state index contributed by atoms with van der Waals surface area (Å²) in [5, 5.41) is 6.62. The Morgan fingerprint density at radius 3 is 2.67 bits per heavy atom. The number of hydrogen-bond donors (Lipinski definition) is 0. The van der Waals surface area contributed by atoms with E-state index in [-0.39, 0.29) is 5.91 Å². The van der Waals surface area contributed by atoms with Crippen molar-refractivity contribution in [2.45, 2.75) is 20.0 Å². The fourth-order valence-electron chi connectivity index (χ4n) is 2.57. The number of benzene rings is 2. The van der Waals surface area contributed by atoms with Crippen molar-refractivity contribution in [1.82, 2.24) is 4.98 Å². The number of nitrogens with zero attached hydrogens (tertiary/aromatic N) is 3. The lowest BCUT2D eigenvalue weighted by Crippen LogP contribution is -2.19. The first kappa shape index (κ1) is 14.8. The molecule has 0 bridgehead atoms. The summed E-state index contributed by atoms with van der Waals surface area (Å²) in [6.07, 6.45) is 0.385. The van der Waals surface area contributed by atoms with Gasteiger partial charge >= 0.3 is 0 Å². The van der Waals surface area contributed by atoms with Crippen LogP contribution in [0.1, 0.15) is 18.4 Å². The summed E-state index contributed by atoms with van der Waals surface area (Å²) in [7, 11) is 0. The molecule has 120 valence electrons. The quantitative estimate of drug-likeness (QED) is 0.723. The second-order valence-corrected chi connectivity index (χ2v) is 6.69. The number of rotatable bonds is 4. The molecule has 0 atom stereocenters. The maximum absolute atomic E-state index is 11.8. The van der Waals surface area contributed by atoms with E-state index < -0.39 is 0 Å². The summed E-state index contributed by atoms with van der Waals surface area (Å²) in [6.45, 7) is 2.28. The number of carbonyl (C=O) groups excluding carboxylic acids is 1. The molecule has 1 aliphatic rings. The van der Waals surface area contributed by atoms with Crippen LogP contribution in [0.5, 0.6) is 5.75 Å². The first-order chi connectivity index (χ1) is 11.7. The fraction of sp³-hybridized carbons (Fsp3) is 0.167. The molecule has 0 fully saturated rings. The average Bonchev–Trinajstić information content (AvgIpc) is 3.15. The summed E-state index contributed by atoms with van der Waals surface area (Å²) in [5.41, 5.74) is 2.58. The number of hydrogen-bond acceptors (Lipinski definition) is 5. The first-order valence-electron chi connectivity index (χ1n) is 7.63. The number of thiazole rings is 1. The van der Waals surface area contributed by atoms with E-state index in [1.165, 1.54) is 5.01 Å². The lowest BCUT2D eigenvalue weighted by atomic mass is 10.2. The largest absolute Gasteiger partial charge is 0.486 e. The number of anilines is 1. The summed E-state index contributed by atoms with van der Waals surface area (Å²) >= 11 is 1.63. The van der Waals surface area contributed by atoms with E-state index in [1.54, 1.807) is 11.3 Å². The highest BCUT2D eigenvalue weighted by Gasteiger charge is 2.22. The van der Waals surface area contributed by atoms with Crippen LogP contribution in [0.15, 0.2) is 53.6 Å². The molecule has 1 amide bonds. The molecule has 3 aromatic rings. The van der Waals surface area contributed by atoms with E-state index in [2.05, 4.69) is 16.2 Å². The van der Waals surface area contributed by atoms with Crippen LogP contribution in [0.4, 0.5) is 5.69 Å². The van der Waals surface area contributed by atoms with Crippen LogP contribution < -0.4 is 9.75 Å². The number of ether oxygens (including phenoxy) is 1. The summed E-state index contributed by atoms with van der Waals surface area (Å²) in [5.74, 6) is 0.737. The second-order valence-electron chi connectivity index (χ2n) is 5.58. The van der Waals surface area contributed by atoms with Gasteiger partial charge in [-0.05, 0) is 43.3 Å². The molecule has 5 nitrogen and oxygen atoms in total. The highest BCUT2D eigenvalue weighted by Crippen LogP contribution is 2.25. The zero-order valence-electron chi connectivity index (χ0n) is 13.1. The molecule has 0 saturated heterocycles. The monoisotopic (exact) mass is 337 g/mol. The fourth-order valence-corrected chi connectivity index (χ4v) is 3.45. The van der Waals surface area contributed by atoms with Gasteiger partial charge in [-0.3, -0.25) is 4.79 Å². The van der Waals surface area contributed by atoms with E-state index in [9.17, 15) is 4.79 Å². The van der Waals surface area contributed by atoms with Crippen molar-refractivity contribution >= 4 is 38.9 Å². The Hall–Kier alpha value is -2.73. The summed E-state index contributed by atoms with van der Waals surface area (Å²) in [6, 6.07) is 15.4. The van der Waals surface area contributed by atoms with Crippen LogP contribution in [-0.2, 0) is 11.4 Å². The Bertz CT molecular complexity index is 898. The van der Waals surface area contributed by atoms with Crippen molar-refractivity contribution in [2.24, 2.45) is 5.10 Å². The van der Waals surface area contributed by atoms with Crippen molar-refractivity contribution in [3.8, 4) is 5.75 Å². The third-order valence-corrected chi connectivity index (χ3v) is 4.71. The standard InChI is InChI=1S/C18H15N3O2S/c1-12-10-18(22)21(20-12)13-6-8-14(9-7-13)23-11-17-19-15-4-2-3-5-16(15)24-17/h2-9H,10-11H2,1H3. The van der Waals surface area contributed by atoms with Gasteiger partial charge in [0, 0.05) is 5.71 Å². The molecule has 1 aromatic heterocycles. The SMILES string of the molecule is CC1=NN(c2ccc(OCc3nc4ccccc4s3)cc2)C(=O)C1. The Morgan fingerprint density at radius 1 is 1.17 bits per heavy atom. The zero-order chi connectivity index (χ0) is 16.5. The third kappa shape index (κ3) is 2.88. The predicted molar refractivity (Wildman–Crippen MR) is 95.6 cm³/mol. The van der Waals surface area contributed by atoms with Gasteiger partial charge in [0.25, 0.3) is 5.91 Å². The van der Waals surface area contributed by atoms with Gasteiger partial charge in [0.05, 0.1) is 22.3 Å². The Morgan fingerprint density at radius 2 is 1.96 bits per heavy atom. The molecular formula is C18H15N3O2S. The van der Waals surface area contributed by atoms with Gasteiger partial charge in [0.1, 0.15) is 17.4 Å². The second kappa shape index (κ2) is 6.05. The normalized spacial score (nSPS) is 14.3. The summed E-state index contributed by atoms with van der Waals surface area (Å²) < 4.78 is 6.96. The van der Waals surface area contributed by atoms with Crippen LogP contribution >= 0.6 is 11.3 Å². The van der Waals surface area contributed by atoms with Gasteiger partial charge in [-0.2, -0.15) is 5.10 Å². The number of carbonyl (C=O) groups is 1. The number of aromatic nitrogens is 1. The predicted octanol–water partition coefficient (Wildman–Crippen LogP) is 3.99. The minimum atomic E-state index is -0.00403. The van der Waals surface area contributed by atoms with E-state index in [1.807, 2.05) is 49.4 Å². The molecule has 0 spiro atoms. The van der Waals surface area contributed by atoms with Crippen molar-refractivity contribution in [3.63, 3.8) is 0 Å². The number of hydrazone groups is 1. The van der Waals surface area contributed by atoms with Gasteiger partial charge in [-0.15, -0.1) is 11.3 Å². The number of fused-ring (bicyclic) bond motifs is 1. The maximum atomic E-state index is 11.8. The maximum Gasteiger partial charge on any atom is 0.253 e. The average molecular weight is 337 g/mol. The van der Waals surface area contributed by atoms with E-state index in [0.717, 1.165) is 32.4 Å². The van der Waals surface area contributed by atoms with Gasteiger partial charge in [-0.25, -0.2) is 9.99 Å². The highest BCUT2D eigenvalue weighted by atomic mass is 32.1. The minimum absolute atomic E-state index is 0.00403. The van der Waals surface area contributed by atoms with Gasteiger partial charge < -0.3 is 4.74 Å². The van der Waals surface area contributed by atoms with E-state index in [0.29, 0.717) is 13.0 Å². The Balaban J connectivity index is 1.45. The third-order valence-electron chi connectivity index (χ3n) is 3.70. The lowest BCUT2D eigenvalue weighted by Gasteiger charge is -2.12. The number of para-hydroxylation sites is 1. The molecule has 4 rings (SSSR count). The molecule has 0 saturated carbocycles. The smallest absolute Gasteiger partial charge is 0.253 e. The van der Waals surface area contributed by atoms with Gasteiger partial charge in [-0.1, -0.05) is 12.1 Å². The Kier molecular flexibility index (Phi) is 3.74. The minimum Gasteiger partial charge on any atom is -0.486 e. The van der Waals surface area contributed by atoms with Crippen molar-refractivity contribution in [1.29, 1.82) is 0 Å². The highest BCUT2D eigenvalue weighted by molar-refractivity contribution is 7.18. The molecule has 0 N–H and O–H groups in total. The molecule has 24 heavy (non-hydrogen) atoms. The number of amides is 1. The van der Waals surface area contributed by atoms with Crippen molar-refractivity contribution < 1.29 is 9.53 Å². The van der Waals surface area contributed by atoms with Crippen LogP contribution in [-0.4, -0.2) is 16.6 Å². The van der Waals surface area contributed by atoms with Crippen molar-refractivity contribution in [3.05, 3.63) is 53.5 Å². The van der Waals surface area contributed by atoms with Gasteiger partial charge in [0.2, 0.25) is 0 Å². The topological polar surface area (TPSA) is 54.8 Å². The zero-order valence-corrected chi connectivity index (χ0v) is 13.9. The molecule has 1 aliphatic heterocycles. The Labute approximate surface area is 143 Å². The molecular weight excluding hydrogens is 322 g/mol. The van der Waals surface area contributed by atoms with Crippen LogP contribution in [0.3, 0.4) is 0 Å². The molecule has 6 heteroatoms. The van der Waals surface area contributed by atoms with Crippen LogP contribution in [0.25, 0.3) is 10.2 Å². The molecule has 0 aliphatic carbocycles. The molecule has 0 radical (unpaired) electrons. The van der Waals surface area contributed by atoms with E-state index >= 15 is 0 Å². The van der Waals surface area contributed by atoms with Gasteiger partial charge in [0.15, 0.2) is 0 Å². The molecule has 0 unspecified atom stereocenters. The van der Waals surface area contributed by atoms with Crippen molar-refractivity contribution in [2.75, 3.05) is 5.01 Å².